The van der Waals surface area contributed by atoms with Crippen LogP contribution in [0.3, 0.4) is 0 Å². The van der Waals surface area contributed by atoms with Gasteiger partial charge in [-0.2, -0.15) is 0 Å². The minimum Gasteiger partial charge on any atom is -0.398 e. The van der Waals surface area contributed by atoms with E-state index < -0.39 is 0 Å². The maximum Gasteiger partial charge on any atom is 0.256 e. The standard InChI is InChI=1S/C17H19N3O3/c1-11-6-7-12(16-8-13(10-21)19-23-16)9-20(11)17(22)14-4-2-3-5-15(14)18/h2-5,8,10-12H,6-7,9,18H2,1H3/t11-,12-/m1/s1. The van der Waals surface area contributed by atoms with E-state index in [1.54, 1.807) is 18.2 Å². The normalized spacial score (nSPS) is 21.2. The van der Waals surface area contributed by atoms with Gasteiger partial charge in [-0.25, -0.2) is 0 Å². The average molecular weight is 313 g/mol. The van der Waals surface area contributed by atoms with Crippen molar-refractivity contribution in [3.63, 3.8) is 0 Å². The summed E-state index contributed by atoms with van der Waals surface area (Å²) in [5.41, 5.74) is 7.21. The largest absolute Gasteiger partial charge is 0.398 e. The zero-order valence-electron chi connectivity index (χ0n) is 12.9. The molecule has 6 heteroatoms. The molecule has 0 aliphatic carbocycles. The molecule has 2 heterocycles. The molecule has 1 amide bonds. The summed E-state index contributed by atoms with van der Waals surface area (Å²) in [6.45, 7) is 2.56. The van der Waals surface area contributed by atoms with E-state index in [0.717, 1.165) is 12.8 Å². The van der Waals surface area contributed by atoms with Crippen LogP contribution in [-0.4, -0.2) is 34.8 Å². The molecule has 0 spiro atoms. The van der Waals surface area contributed by atoms with Crippen molar-refractivity contribution in [2.75, 3.05) is 12.3 Å². The number of amides is 1. The summed E-state index contributed by atoms with van der Waals surface area (Å²) in [7, 11) is 0. The molecule has 1 aromatic heterocycles. The summed E-state index contributed by atoms with van der Waals surface area (Å²) >= 11 is 0. The van der Waals surface area contributed by atoms with Gasteiger partial charge in [0, 0.05) is 30.3 Å². The van der Waals surface area contributed by atoms with Gasteiger partial charge in [0.15, 0.2) is 6.29 Å². The summed E-state index contributed by atoms with van der Waals surface area (Å²) in [6.07, 6.45) is 2.41. The zero-order chi connectivity index (χ0) is 16.4. The molecule has 1 fully saturated rings. The molecular formula is C17H19N3O3. The van der Waals surface area contributed by atoms with Crippen molar-refractivity contribution in [2.45, 2.75) is 31.7 Å². The molecule has 1 aromatic carbocycles. The molecule has 0 radical (unpaired) electrons. The highest BCUT2D eigenvalue weighted by atomic mass is 16.5. The van der Waals surface area contributed by atoms with Crippen LogP contribution in [0.15, 0.2) is 34.9 Å². The zero-order valence-corrected chi connectivity index (χ0v) is 12.9. The molecular weight excluding hydrogens is 294 g/mol. The van der Waals surface area contributed by atoms with Crippen LogP contribution in [0.4, 0.5) is 5.69 Å². The Kier molecular flexibility index (Phi) is 4.14. The molecule has 2 aromatic rings. The first kappa shape index (κ1) is 15.3. The Labute approximate surface area is 134 Å². The fraction of sp³-hybridized carbons (Fsp3) is 0.353. The van der Waals surface area contributed by atoms with Gasteiger partial charge in [-0.05, 0) is 31.9 Å². The summed E-state index contributed by atoms with van der Waals surface area (Å²) in [5, 5.41) is 3.70. The second-order valence-corrected chi connectivity index (χ2v) is 5.94. The van der Waals surface area contributed by atoms with Gasteiger partial charge in [-0.15, -0.1) is 0 Å². The van der Waals surface area contributed by atoms with Crippen molar-refractivity contribution in [3.05, 3.63) is 47.3 Å². The van der Waals surface area contributed by atoms with E-state index in [4.69, 9.17) is 10.3 Å². The second kappa shape index (κ2) is 6.24. The number of nitrogen functional groups attached to an aromatic ring is 1. The smallest absolute Gasteiger partial charge is 0.256 e. The highest BCUT2D eigenvalue weighted by Crippen LogP contribution is 2.31. The molecule has 2 N–H and O–H groups in total. The number of carbonyl (C=O) groups is 2. The van der Waals surface area contributed by atoms with Crippen LogP contribution < -0.4 is 5.73 Å². The van der Waals surface area contributed by atoms with Crippen LogP contribution in [0.1, 0.15) is 52.3 Å². The average Bonchev–Trinajstić information content (AvgIpc) is 3.04. The van der Waals surface area contributed by atoms with Gasteiger partial charge in [0.1, 0.15) is 11.5 Å². The van der Waals surface area contributed by atoms with Gasteiger partial charge in [-0.3, -0.25) is 9.59 Å². The van der Waals surface area contributed by atoms with Crippen molar-refractivity contribution in [1.82, 2.24) is 10.1 Å². The van der Waals surface area contributed by atoms with Crippen molar-refractivity contribution in [3.8, 4) is 0 Å². The number of nitrogens with two attached hydrogens (primary N) is 1. The second-order valence-electron chi connectivity index (χ2n) is 5.94. The molecule has 1 aliphatic rings. The van der Waals surface area contributed by atoms with E-state index in [0.29, 0.717) is 29.8 Å². The minimum absolute atomic E-state index is 0.0429. The summed E-state index contributed by atoms with van der Waals surface area (Å²) in [6, 6.07) is 8.87. The fourth-order valence-corrected chi connectivity index (χ4v) is 3.02. The Morgan fingerprint density at radius 2 is 2.17 bits per heavy atom. The first-order valence-corrected chi connectivity index (χ1v) is 7.67. The fourth-order valence-electron chi connectivity index (χ4n) is 3.02. The van der Waals surface area contributed by atoms with Crippen molar-refractivity contribution in [1.29, 1.82) is 0 Å². The lowest BCUT2D eigenvalue weighted by Crippen LogP contribution is -2.45. The van der Waals surface area contributed by atoms with Gasteiger partial charge in [0.25, 0.3) is 5.91 Å². The van der Waals surface area contributed by atoms with Crippen LogP contribution in [0.25, 0.3) is 0 Å². The number of nitrogens with zero attached hydrogens (tertiary/aromatic N) is 2. The van der Waals surface area contributed by atoms with E-state index in [2.05, 4.69) is 5.16 Å². The molecule has 6 nitrogen and oxygen atoms in total. The predicted octanol–water partition coefficient (Wildman–Crippen LogP) is 2.48. The SMILES string of the molecule is C[C@@H]1CC[C@@H](c2cc(C=O)no2)CN1C(=O)c1ccccc1N. The number of benzene rings is 1. The lowest BCUT2D eigenvalue weighted by Gasteiger charge is -2.37. The van der Waals surface area contributed by atoms with E-state index >= 15 is 0 Å². The highest BCUT2D eigenvalue weighted by Gasteiger charge is 2.32. The highest BCUT2D eigenvalue weighted by molar-refractivity contribution is 5.99. The van der Waals surface area contributed by atoms with E-state index in [1.807, 2.05) is 24.0 Å². The number of para-hydroxylation sites is 1. The van der Waals surface area contributed by atoms with Crippen LogP contribution in [-0.2, 0) is 0 Å². The van der Waals surface area contributed by atoms with Crippen LogP contribution in [0.2, 0.25) is 0 Å². The molecule has 0 saturated carbocycles. The summed E-state index contributed by atoms with van der Waals surface area (Å²) in [4.78, 5) is 25.4. The van der Waals surface area contributed by atoms with Crippen LogP contribution >= 0.6 is 0 Å². The number of hydrogen-bond donors (Lipinski definition) is 1. The lowest BCUT2D eigenvalue weighted by molar-refractivity contribution is 0.0597. The first-order chi connectivity index (χ1) is 11.1. The van der Waals surface area contributed by atoms with Gasteiger partial charge in [0.05, 0.1) is 5.56 Å². The van der Waals surface area contributed by atoms with Gasteiger partial charge in [0.2, 0.25) is 0 Å². The number of likely N-dealkylation sites (tertiary alicyclic amines) is 1. The topological polar surface area (TPSA) is 89.4 Å². The summed E-state index contributed by atoms with van der Waals surface area (Å²) in [5.74, 6) is 0.620. The molecule has 0 unspecified atom stereocenters. The third-order valence-corrected chi connectivity index (χ3v) is 4.40. The Morgan fingerprint density at radius 1 is 1.39 bits per heavy atom. The Balaban J connectivity index is 1.82. The quantitative estimate of drug-likeness (QED) is 0.694. The number of anilines is 1. The Morgan fingerprint density at radius 3 is 2.87 bits per heavy atom. The number of carbonyl (C=O) groups excluding carboxylic acids is 2. The van der Waals surface area contributed by atoms with Gasteiger partial charge < -0.3 is 15.2 Å². The van der Waals surface area contributed by atoms with Gasteiger partial charge in [-0.1, -0.05) is 17.3 Å². The predicted molar refractivity (Wildman–Crippen MR) is 85.2 cm³/mol. The minimum atomic E-state index is -0.0737. The number of aromatic nitrogens is 1. The number of aldehydes is 1. The van der Waals surface area contributed by atoms with Crippen molar-refractivity contribution >= 4 is 17.9 Å². The number of piperidine rings is 1. The molecule has 1 saturated heterocycles. The molecule has 0 bridgehead atoms. The van der Waals surface area contributed by atoms with Gasteiger partial charge >= 0.3 is 0 Å². The van der Waals surface area contributed by atoms with Crippen LogP contribution in [0, 0.1) is 0 Å². The Bertz CT molecular complexity index is 725. The molecule has 1 aliphatic heterocycles. The summed E-state index contributed by atoms with van der Waals surface area (Å²) < 4.78 is 5.24. The third kappa shape index (κ3) is 2.97. The first-order valence-electron chi connectivity index (χ1n) is 7.67. The van der Waals surface area contributed by atoms with Crippen molar-refractivity contribution in [2.24, 2.45) is 0 Å². The Hall–Kier alpha value is -2.63. The molecule has 120 valence electrons. The monoisotopic (exact) mass is 313 g/mol. The van der Waals surface area contributed by atoms with E-state index in [1.165, 1.54) is 0 Å². The third-order valence-electron chi connectivity index (χ3n) is 4.40. The maximum absolute atomic E-state index is 12.8. The van der Waals surface area contributed by atoms with Crippen LogP contribution in [0.5, 0.6) is 0 Å². The number of rotatable bonds is 3. The number of hydrogen-bond acceptors (Lipinski definition) is 5. The lowest BCUT2D eigenvalue weighted by atomic mass is 9.90. The van der Waals surface area contributed by atoms with E-state index in [-0.39, 0.29) is 23.6 Å². The van der Waals surface area contributed by atoms with Crippen molar-refractivity contribution < 1.29 is 14.1 Å². The molecule has 2 atom stereocenters. The molecule has 23 heavy (non-hydrogen) atoms. The molecule has 3 rings (SSSR count). The maximum atomic E-state index is 12.8. The van der Waals surface area contributed by atoms with E-state index in [9.17, 15) is 9.59 Å².